The number of urea groups is 1. The molecule has 4 rings (SSSR count). The third kappa shape index (κ3) is 3.77. The number of rotatable bonds is 6. The van der Waals surface area contributed by atoms with Crippen LogP contribution in [0.3, 0.4) is 0 Å². The van der Waals surface area contributed by atoms with Crippen LogP contribution in [0, 0.1) is 0 Å². The Kier molecular flexibility index (Phi) is 5.53. The van der Waals surface area contributed by atoms with Crippen LogP contribution in [0.25, 0.3) is 0 Å². The van der Waals surface area contributed by atoms with Gasteiger partial charge in [-0.05, 0) is 17.5 Å². The quantitative estimate of drug-likeness (QED) is 0.638. The van der Waals surface area contributed by atoms with Gasteiger partial charge in [-0.3, -0.25) is 0 Å². The molecule has 2 fully saturated rings. The normalized spacial score (nSPS) is 23.3. The van der Waals surface area contributed by atoms with Gasteiger partial charge in [0.1, 0.15) is 0 Å². The number of amides is 2. The molecular weight excluding hydrogens is 352 g/mol. The monoisotopic (exact) mass is 378 g/mol. The first kappa shape index (κ1) is 18.2. The van der Waals surface area contributed by atoms with E-state index < -0.39 is 0 Å². The lowest BCUT2D eigenvalue weighted by molar-refractivity contribution is 0.183. The van der Waals surface area contributed by atoms with Crippen LogP contribution in [0.2, 0.25) is 0 Å². The number of hydrogen-bond acceptors (Lipinski definition) is 2. The van der Waals surface area contributed by atoms with Gasteiger partial charge in [-0.15, -0.1) is 11.8 Å². The summed E-state index contributed by atoms with van der Waals surface area (Å²) in [4.78, 5) is 18.9. The van der Waals surface area contributed by atoms with Crippen molar-refractivity contribution in [2.75, 3.05) is 5.75 Å². The van der Waals surface area contributed by atoms with Crippen molar-refractivity contribution in [3.8, 4) is 0 Å². The summed E-state index contributed by atoms with van der Waals surface area (Å²) in [6, 6.07) is 21.3. The average molecular weight is 379 g/mol. The van der Waals surface area contributed by atoms with Crippen molar-refractivity contribution in [3.05, 3.63) is 82.8 Å². The number of allylic oxidation sites excluding steroid dienone is 1. The second kappa shape index (κ2) is 8.22. The predicted octanol–water partition coefficient (Wildman–Crippen LogP) is 5.29. The second-order valence-corrected chi connectivity index (χ2v) is 8.32. The van der Waals surface area contributed by atoms with E-state index in [0.717, 1.165) is 18.6 Å². The van der Waals surface area contributed by atoms with Crippen LogP contribution >= 0.6 is 11.8 Å². The van der Waals surface area contributed by atoms with E-state index >= 15 is 0 Å². The maximum atomic E-state index is 13.4. The summed E-state index contributed by atoms with van der Waals surface area (Å²) in [7, 11) is 0. The Morgan fingerprint density at radius 2 is 1.56 bits per heavy atom. The Balaban J connectivity index is 1.62. The highest BCUT2D eigenvalue weighted by Crippen LogP contribution is 2.43. The third-order valence-electron chi connectivity index (χ3n) is 5.33. The highest BCUT2D eigenvalue weighted by Gasteiger charge is 2.50. The lowest BCUT2D eigenvalue weighted by atomic mass is 10.1. The van der Waals surface area contributed by atoms with Crippen LogP contribution in [0.4, 0.5) is 4.79 Å². The van der Waals surface area contributed by atoms with Crippen molar-refractivity contribution in [3.63, 3.8) is 0 Å². The maximum absolute atomic E-state index is 13.4. The van der Waals surface area contributed by atoms with Crippen molar-refractivity contribution >= 4 is 17.8 Å². The van der Waals surface area contributed by atoms with Gasteiger partial charge in [0.15, 0.2) is 0 Å². The van der Waals surface area contributed by atoms with Gasteiger partial charge in [-0.1, -0.05) is 80.1 Å². The van der Waals surface area contributed by atoms with Gasteiger partial charge in [0.2, 0.25) is 0 Å². The first-order valence-electron chi connectivity index (χ1n) is 9.76. The first-order valence-corrected chi connectivity index (χ1v) is 10.7. The molecule has 0 radical (unpaired) electrons. The summed E-state index contributed by atoms with van der Waals surface area (Å²) in [5, 5.41) is 0. The van der Waals surface area contributed by atoms with Crippen molar-refractivity contribution in [1.29, 1.82) is 0 Å². The molecule has 140 valence electrons. The molecule has 0 aliphatic carbocycles. The minimum atomic E-state index is 0.167. The van der Waals surface area contributed by atoms with Crippen LogP contribution in [0.1, 0.15) is 30.9 Å². The Hall–Kier alpha value is -2.20. The van der Waals surface area contributed by atoms with E-state index in [4.69, 9.17) is 0 Å². The zero-order valence-electron chi connectivity index (χ0n) is 15.8. The van der Waals surface area contributed by atoms with E-state index in [-0.39, 0.29) is 18.1 Å². The Bertz CT molecular complexity index is 806. The van der Waals surface area contributed by atoms with E-state index in [1.807, 2.05) is 48.2 Å². The Labute approximate surface area is 166 Å². The highest BCUT2D eigenvalue weighted by atomic mass is 32.2. The van der Waals surface area contributed by atoms with Gasteiger partial charge in [-0.25, -0.2) is 4.79 Å². The minimum Gasteiger partial charge on any atom is -0.314 e. The van der Waals surface area contributed by atoms with Gasteiger partial charge in [0, 0.05) is 23.7 Å². The molecule has 2 saturated heterocycles. The summed E-state index contributed by atoms with van der Waals surface area (Å²) in [5.74, 6) is 0.990. The molecule has 2 heterocycles. The summed E-state index contributed by atoms with van der Waals surface area (Å²) in [6.45, 7) is 3.57. The summed E-state index contributed by atoms with van der Waals surface area (Å²) in [5.41, 5.74) is 2.39. The molecule has 2 amide bonds. The van der Waals surface area contributed by atoms with Crippen molar-refractivity contribution in [2.24, 2.45) is 0 Å². The molecular formula is C23H26N2OS. The molecule has 2 aliphatic rings. The fraction of sp³-hybridized carbons (Fsp3) is 0.348. The molecule has 2 aromatic rings. The molecule has 3 nitrogen and oxygen atoms in total. The zero-order chi connectivity index (χ0) is 18.6. The van der Waals surface area contributed by atoms with E-state index in [1.165, 1.54) is 16.0 Å². The SMILES string of the molecule is CCC/C=C1/SC[C@H]2[C@@H]1N(Cc1ccccc1)C(=O)N2Cc1ccccc1. The number of hydrogen-bond donors (Lipinski definition) is 0. The lowest BCUT2D eigenvalue weighted by Gasteiger charge is -2.23. The van der Waals surface area contributed by atoms with Gasteiger partial charge in [0.25, 0.3) is 0 Å². The fourth-order valence-electron chi connectivity index (χ4n) is 3.97. The Morgan fingerprint density at radius 1 is 0.963 bits per heavy atom. The molecule has 4 heteroatoms. The molecule has 2 aromatic carbocycles. The largest absolute Gasteiger partial charge is 0.321 e. The molecule has 2 atom stereocenters. The molecule has 2 aliphatic heterocycles. The Morgan fingerprint density at radius 3 is 2.15 bits per heavy atom. The molecule has 0 spiro atoms. The number of benzene rings is 2. The molecule has 0 N–H and O–H groups in total. The second-order valence-electron chi connectivity index (χ2n) is 7.23. The number of carbonyl (C=O) groups is 1. The average Bonchev–Trinajstić information content (AvgIpc) is 3.22. The van der Waals surface area contributed by atoms with E-state index in [9.17, 15) is 4.79 Å². The van der Waals surface area contributed by atoms with E-state index in [2.05, 4.69) is 47.1 Å². The van der Waals surface area contributed by atoms with Crippen LogP contribution in [0.15, 0.2) is 71.6 Å². The zero-order valence-corrected chi connectivity index (χ0v) is 16.6. The van der Waals surface area contributed by atoms with Crippen LogP contribution < -0.4 is 0 Å². The van der Waals surface area contributed by atoms with Gasteiger partial charge in [0.05, 0.1) is 12.1 Å². The molecule has 0 aromatic heterocycles. The number of thioether (sulfide) groups is 1. The van der Waals surface area contributed by atoms with Crippen LogP contribution in [-0.4, -0.2) is 33.7 Å². The molecule has 0 saturated carbocycles. The van der Waals surface area contributed by atoms with E-state index in [1.54, 1.807) is 0 Å². The van der Waals surface area contributed by atoms with Gasteiger partial charge in [-0.2, -0.15) is 0 Å². The third-order valence-corrected chi connectivity index (χ3v) is 6.58. The van der Waals surface area contributed by atoms with Crippen LogP contribution in [-0.2, 0) is 13.1 Å². The molecule has 27 heavy (non-hydrogen) atoms. The number of carbonyl (C=O) groups excluding carboxylic acids is 1. The standard InChI is InChI=1S/C23H26N2OS/c1-2-3-14-21-22-20(17-27-21)24(15-18-10-6-4-7-11-18)23(26)25(22)16-19-12-8-5-9-13-19/h4-14,20,22H,2-3,15-17H2,1H3/b21-14+/t20-,22-/m0/s1. The highest BCUT2D eigenvalue weighted by molar-refractivity contribution is 8.03. The predicted molar refractivity (Wildman–Crippen MR) is 112 cm³/mol. The first-order chi connectivity index (χ1) is 13.3. The van der Waals surface area contributed by atoms with Crippen molar-refractivity contribution in [2.45, 2.75) is 44.9 Å². The van der Waals surface area contributed by atoms with Crippen molar-refractivity contribution < 1.29 is 4.79 Å². The van der Waals surface area contributed by atoms with Crippen molar-refractivity contribution in [1.82, 2.24) is 9.80 Å². The van der Waals surface area contributed by atoms with Crippen LogP contribution in [0.5, 0.6) is 0 Å². The summed E-state index contributed by atoms with van der Waals surface area (Å²) >= 11 is 1.93. The molecule has 0 bridgehead atoms. The number of nitrogens with zero attached hydrogens (tertiary/aromatic N) is 2. The summed E-state index contributed by atoms with van der Waals surface area (Å²) < 4.78 is 0. The maximum Gasteiger partial charge on any atom is 0.321 e. The molecule has 0 unspecified atom stereocenters. The number of fused-ring (bicyclic) bond motifs is 1. The smallest absolute Gasteiger partial charge is 0.314 e. The minimum absolute atomic E-state index is 0.167. The number of unbranched alkanes of at least 4 members (excludes halogenated alkanes) is 1. The van der Waals surface area contributed by atoms with Gasteiger partial charge >= 0.3 is 6.03 Å². The lowest BCUT2D eigenvalue weighted by Crippen LogP contribution is -2.35. The van der Waals surface area contributed by atoms with Gasteiger partial charge < -0.3 is 9.80 Å². The summed E-state index contributed by atoms with van der Waals surface area (Å²) in [6.07, 6.45) is 4.58. The van der Waals surface area contributed by atoms with E-state index in [0.29, 0.717) is 13.1 Å². The topological polar surface area (TPSA) is 23.6 Å². The fourth-order valence-corrected chi connectivity index (χ4v) is 5.39.